The summed E-state index contributed by atoms with van der Waals surface area (Å²) in [6.45, 7) is 2.62. The Morgan fingerprint density at radius 3 is 2.48 bits per heavy atom. The van der Waals surface area contributed by atoms with Crippen LogP contribution in [0, 0.1) is 6.92 Å². The summed E-state index contributed by atoms with van der Waals surface area (Å²) in [5.74, 6) is 2.37. The van der Waals surface area contributed by atoms with Gasteiger partial charge in [0.05, 0.1) is 6.61 Å². The average molecular weight is 353 g/mol. The Morgan fingerprint density at radius 1 is 1.08 bits per heavy atom. The molecule has 0 atom stereocenters. The van der Waals surface area contributed by atoms with E-state index in [1.807, 2.05) is 11.6 Å². The molecular weight excluding hydrogens is 334 g/mol. The number of nitrogens with zero attached hydrogens (tertiary/aromatic N) is 3. The molecule has 3 aromatic rings. The maximum atomic E-state index is 10.6. The number of aldehydes is 1. The number of carbonyl (C=O) groups excluding carboxylic acids is 1. The lowest BCUT2D eigenvalue weighted by Gasteiger charge is -2.06. The lowest BCUT2D eigenvalue weighted by molar-refractivity contribution is 0.112. The molecule has 0 N–H and O–H groups in total. The second-order valence-electron chi connectivity index (χ2n) is 5.62. The zero-order valence-electron chi connectivity index (χ0n) is 14.2. The Labute approximate surface area is 151 Å². The Bertz CT molecular complexity index is 842. The van der Waals surface area contributed by atoms with Gasteiger partial charge in [-0.1, -0.05) is 41.6 Å². The minimum absolute atomic E-state index is 0.553. The van der Waals surface area contributed by atoms with Gasteiger partial charge >= 0.3 is 0 Å². The van der Waals surface area contributed by atoms with Crippen molar-refractivity contribution in [1.82, 2.24) is 14.8 Å². The number of thioether (sulfide) groups is 1. The van der Waals surface area contributed by atoms with Crippen molar-refractivity contribution >= 4 is 18.0 Å². The standard InChI is InChI=1S/C19H19N3O2S/c1-14-3-7-16(8-4-14)18-20-21-19(22(18)2)25-12-11-24-17-9-5-15(13-23)6-10-17/h3-10,13H,11-12H2,1-2H3. The van der Waals surface area contributed by atoms with Crippen molar-refractivity contribution in [3.63, 3.8) is 0 Å². The quantitative estimate of drug-likeness (QED) is 0.368. The highest BCUT2D eigenvalue weighted by Gasteiger charge is 2.11. The third-order valence-electron chi connectivity index (χ3n) is 3.74. The second kappa shape index (κ2) is 7.98. The van der Waals surface area contributed by atoms with Gasteiger partial charge in [-0.25, -0.2) is 0 Å². The van der Waals surface area contributed by atoms with Crippen molar-refractivity contribution in [2.45, 2.75) is 12.1 Å². The summed E-state index contributed by atoms with van der Waals surface area (Å²) >= 11 is 1.60. The summed E-state index contributed by atoms with van der Waals surface area (Å²) in [7, 11) is 1.97. The highest BCUT2D eigenvalue weighted by atomic mass is 32.2. The first-order valence-corrected chi connectivity index (χ1v) is 8.93. The molecule has 0 spiro atoms. The van der Waals surface area contributed by atoms with E-state index < -0.39 is 0 Å². The number of ether oxygens (including phenoxy) is 1. The van der Waals surface area contributed by atoms with Gasteiger partial charge in [-0.15, -0.1) is 10.2 Å². The molecule has 0 fully saturated rings. The van der Waals surface area contributed by atoms with E-state index in [-0.39, 0.29) is 0 Å². The minimum Gasteiger partial charge on any atom is -0.493 e. The minimum atomic E-state index is 0.553. The Balaban J connectivity index is 1.55. The normalized spacial score (nSPS) is 10.6. The van der Waals surface area contributed by atoms with Gasteiger partial charge in [-0.3, -0.25) is 4.79 Å². The van der Waals surface area contributed by atoms with E-state index in [0.717, 1.165) is 34.3 Å². The van der Waals surface area contributed by atoms with Crippen molar-refractivity contribution < 1.29 is 9.53 Å². The van der Waals surface area contributed by atoms with E-state index in [4.69, 9.17) is 4.74 Å². The van der Waals surface area contributed by atoms with Crippen LogP contribution in [-0.2, 0) is 7.05 Å². The fourth-order valence-corrected chi connectivity index (χ4v) is 3.06. The van der Waals surface area contributed by atoms with Crippen molar-refractivity contribution in [2.75, 3.05) is 12.4 Å². The molecule has 25 heavy (non-hydrogen) atoms. The molecule has 2 aromatic carbocycles. The highest BCUT2D eigenvalue weighted by molar-refractivity contribution is 7.99. The molecule has 0 aliphatic rings. The molecule has 0 amide bonds. The summed E-state index contributed by atoms with van der Waals surface area (Å²) in [4.78, 5) is 10.6. The highest BCUT2D eigenvalue weighted by Crippen LogP contribution is 2.23. The molecule has 0 bridgehead atoms. The van der Waals surface area contributed by atoms with Gasteiger partial charge in [-0.2, -0.15) is 0 Å². The molecule has 1 aromatic heterocycles. The average Bonchev–Trinajstić information content (AvgIpc) is 3.01. The third-order valence-corrected chi connectivity index (χ3v) is 4.73. The number of benzene rings is 2. The number of hydrogen-bond donors (Lipinski definition) is 0. The smallest absolute Gasteiger partial charge is 0.191 e. The Kier molecular flexibility index (Phi) is 5.50. The molecule has 0 aliphatic carbocycles. The van der Waals surface area contributed by atoms with E-state index in [1.54, 1.807) is 36.0 Å². The van der Waals surface area contributed by atoms with Gasteiger partial charge in [0.2, 0.25) is 0 Å². The van der Waals surface area contributed by atoms with Gasteiger partial charge in [0.25, 0.3) is 0 Å². The van der Waals surface area contributed by atoms with E-state index in [1.165, 1.54) is 5.56 Å². The van der Waals surface area contributed by atoms with E-state index in [2.05, 4.69) is 41.4 Å². The van der Waals surface area contributed by atoms with Gasteiger partial charge in [0.15, 0.2) is 11.0 Å². The largest absolute Gasteiger partial charge is 0.493 e. The van der Waals surface area contributed by atoms with Gasteiger partial charge < -0.3 is 9.30 Å². The monoisotopic (exact) mass is 353 g/mol. The fraction of sp³-hybridized carbons (Fsp3) is 0.211. The maximum Gasteiger partial charge on any atom is 0.191 e. The summed E-state index contributed by atoms with van der Waals surface area (Å²) in [5.41, 5.74) is 2.92. The van der Waals surface area contributed by atoms with E-state index >= 15 is 0 Å². The van der Waals surface area contributed by atoms with Crippen LogP contribution >= 0.6 is 11.8 Å². The molecule has 0 radical (unpaired) electrons. The summed E-state index contributed by atoms with van der Waals surface area (Å²) in [6.07, 6.45) is 0.819. The first kappa shape index (κ1) is 17.2. The summed E-state index contributed by atoms with van der Waals surface area (Å²) < 4.78 is 7.67. The zero-order chi connectivity index (χ0) is 17.6. The van der Waals surface area contributed by atoms with E-state index in [9.17, 15) is 4.79 Å². The molecule has 3 rings (SSSR count). The molecule has 0 saturated heterocycles. The van der Waals surface area contributed by atoms with Gasteiger partial charge in [-0.05, 0) is 31.2 Å². The van der Waals surface area contributed by atoms with Crippen molar-refractivity contribution in [3.8, 4) is 17.1 Å². The molecule has 0 unspecified atom stereocenters. The molecule has 1 heterocycles. The van der Waals surface area contributed by atoms with Crippen LogP contribution in [0.3, 0.4) is 0 Å². The SMILES string of the molecule is Cc1ccc(-c2nnc(SCCOc3ccc(C=O)cc3)n2C)cc1. The van der Waals surface area contributed by atoms with Crippen molar-refractivity contribution in [1.29, 1.82) is 0 Å². The topological polar surface area (TPSA) is 57.0 Å². The molecule has 5 nitrogen and oxygen atoms in total. The summed E-state index contributed by atoms with van der Waals surface area (Å²) in [6, 6.07) is 15.3. The Hall–Kier alpha value is -2.60. The zero-order valence-corrected chi connectivity index (χ0v) is 15.0. The van der Waals surface area contributed by atoms with Crippen LogP contribution in [0.1, 0.15) is 15.9 Å². The number of aryl methyl sites for hydroxylation is 1. The van der Waals surface area contributed by atoms with Crippen LogP contribution in [0.15, 0.2) is 53.7 Å². The number of rotatable bonds is 7. The van der Waals surface area contributed by atoms with E-state index in [0.29, 0.717) is 12.2 Å². The first-order chi connectivity index (χ1) is 12.2. The van der Waals surface area contributed by atoms with Crippen LogP contribution in [0.25, 0.3) is 11.4 Å². The summed E-state index contributed by atoms with van der Waals surface area (Å²) in [5, 5.41) is 9.41. The molecule has 128 valence electrons. The van der Waals surface area contributed by atoms with Crippen LogP contribution in [-0.4, -0.2) is 33.4 Å². The van der Waals surface area contributed by atoms with Crippen LogP contribution in [0.2, 0.25) is 0 Å². The van der Waals surface area contributed by atoms with Crippen LogP contribution < -0.4 is 4.74 Å². The number of carbonyl (C=O) groups is 1. The third kappa shape index (κ3) is 4.28. The predicted octanol–water partition coefficient (Wildman–Crippen LogP) is 3.77. The van der Waals surface area contributed by atoms with Crippen LogP contribution in [0.5, 0.6) is 5.75 Å². The van der Waals surface area contributed by atoms with Crippen molar-refractivity contribution in [3.05, 3.63) is 59.7 Å². The molecule has 0 aliphatic heterocycles. The first-order valence-electron chi connectivity index (χ1n) is 7.94. The number of hydrogen-bond acceptors (Lipinski definition) is 5. The predicted molar refractivity (Wildman–Crippen MR) is 99.2 cm³/mol. The van der Waals surface area contributed by atoms with Crippen LogP contribution in [0.4, 0.5) is 0 Å². The molecule has 0 saturated carbocycles. The van der Waals surface area contributed by atoms with Gasteiger partial charge in [0, 0.05) is 23.9 Å². The molecular formula is C19H19N3O2S. The second-order valence-corrected chi connectivity index (χ2v) is 6.68. The lowest BCUT2D eigenvalue weighted by atomic mass is 10.1. The lowest BCUT2D eigenvalue weighted by Crippen LogP contribution is -2.02. The van der Waals surface area contributed by atoms with Crippen molar-refractivity contribution in [2.24, 2.45) is 7.05 Å². The molecule has 6 heteroatoms. The number of aromatic nitrogens is 3. The maximum absolute atomic E-state index is 10.6. The fourth-order valence-electron chi connectivity index (χ4n) is 2.33. The Morgan fingerprint density at radius 2 is 1.80 bits per heavy atom. The van der Waals surface area contributed by atoms with Gasteiger partial charge in [0.1, 0.15) is 12.0 Å².